The van der Waals surface area contributed by atoms with E-state index >= 15 is 0 Å². The minimum atomic E-state index is -0.826. The van der Waals surface area contributed by atoms with Crippen molar-refractivity contribution >= 4 is 33.6 Å². The molecule has 0 aliphatic heterocycles. The second kappa shape index (κ2) is 8.10. The van der Waals surface area contributed by atoms with E-state index in [2.05, 4.69) is 10.3 Å². The number of fused-ring (bicyclic) bond motifs is 2. The van der Waals surface area contributed by atoms with Crippen molar-refractivity contribution in [2.24, 2.45) is 0 Å². The van der Waals surface area contributed by atoms with Crippen LogP contribution in [-0.2, 0) is 16.0 Å². The second-order valence-corrected chi connectivity index (χ2v) is 6.81. The molecule has 5 nitrogen and oxygen atoms in total. The lowest BCUT2D eigenvalue weighted by atomic mass is 10.1. The number of nitrogens with one attached hydrogen (secondary N) is 1. The lowest BCUT2D eigenvalue weighted by Gasteiger charge is -2.17. The number of hydrogen-bond donors (Lipinski definition) is 1. The number of methoxy groups -OCH3 is 1. The van der Waals surface area contributed by atoms with E-state index in [9.17, 15) is 9.59 Å². The van der Waals surface area contributed by atoms with E-state index in [0.29, 0.717) is 11.3 Å². The van der Waals surface area contributed by atoms with E-state index in [1.165, 1.54) is 7.11 Å². The molecule has 1 aromatic heterocycles. The number of nitrogens with zero attached hydrogens (tertiary/aromatic N) is 1. The fourth-order valence-corrected chi connectivity index (χ4v) is 3.34. The van der Waals surface area contributed by atoms with Crippen molar-refractivity contribution in [3.63, 3.8) is 0 Å². The van der Waals surface area contributed by atoms with E-state index in [1.54, 1.807) is 6.07 Å². The van der Waals surface area contributed by atoms with Gasteiger partial charge in [-0.3, -0.25) is 9.78 Å². The third-order valence-corrected chi connectivity index (χ3v) is 4.87. The zero-order chi connectivity index (χ0) is 20.2. The van der Waals surface area contributed by atoms with Crippen LogP contribution in [0.1, 0.15) is 16.1 Å². The van der Waals surface area contributed by atoms with Crippen LogP contribution in [0.15, 0.2) is 78.9 Å². The summed E-state index contributed by atoms with van der Waals surface area (Å²) in [6.07, 6.45) is 0.247. The minimum absolute atomic E-state index is 0.247. The zero-order valence-electron chi connectivity index (χ0n) is 16.0. The topological polar surface area (TPSA) is 68.3 Å². The van der Waals surface area contributed by atoms with Gasteiger partial charge in [-0.05, 0) is 35.0 Å². The second-order valence-electron chi connectivity index (χ2n) is 6.81. The van der Waals surface area contributed by atoms with Crippen molar-refractivity contribution in [1.29, 1.82) is 0 Å². The summed E-state index contributed by atoms with van der Waals surface area (Å²) >= 11 is 0. The predicted molar refractivity (Wildman–Crippen MR) is 113 cm³/mol. The van der Waals surface area contributed by atoms with Crippen LogP contribution in [0.25, 0.3) is 21.7 Å². The Kier molecular flexibility index (Phi) is 5.20. The normalized spacial score (nSPS) is 11.9. The lowest BCUT2D eigenvalue weighted by Crippen LogP contribution is -2.43. The highest BCUT2D eigenvalue weighted by atomic mass is 16.5. The Labute approximate surface area is 168 Å². The third kappa shape index (κ3) is 4.09. The number of carbonyl (C=O) groups is 2. The van der Waals surface area contributed by atoms with E-state index in [1.807, 2.05) is 72.8 Å². The van der Waals surface area contributed by atoms with Gasteiger partial charge in [0.05, 0.1) is 12.6 Å². The van der Waals surface area contributed by atoms with Crippen LogP contribution in [0.5, 0.6) is 0 Å². The molecule has 4 rings (SSSR count). The Bertz CT molecular complexity index is 1200. The first-order valence-electron chi connectivity index (χ1n) is 9.36. The van der Waals surface area contributed by atoms with Crippen molar-refractivity contribution < 1.29 is 14.3 Å². The maximum absolute atomic E-state index is 12.8. The van der Waals surface area contributed by atoms with Crippen molar-refractivity contribution in [2.45, 2.75) is 12.5 Å². The molecule has 0 saturated carbocycles. The van der Waals surface area contributed by atoms with Gasteiger partial charge in [0.25, 0.3) is 5.91 Å². The van der Waals surface area contributed by atoms with Crippen LogP contribution in [0.4, 0.5) is 0 Å². The number of hydrogen-bond acceptors (Lipinski definition) is 4. The number of aromatic nitrogens is 1. The molecule has 0 fully saturated rings. The molecule has 1 heterocycles. The van der Waals surface area contributed by atoms with Crippen LogP contribution in [-0.4, -0.2) is 30.0 Å². The van der Waals surface area contributed by atoms with Gasteiger partial charge in [-0.25, -0.2) is 4.79 Å². The van der Waals surface area contributed by atoms with Gasteiger partial charge in [0.2, 0.25) is 0 Å². The standard InChI is InChI=1S/C24H20N2O3/c1-29-24(28)22(15-20-13-12-17-7-4-5-9-21(17)25-20)26-23(27)19-11-10-16-6-2-3-8-18(16)14-19/h2-14,22H,15H2,1H3,(H,26,27)/t22-/m1/s1. The molecular weight excluding hydrogens is 364 g/mol. The number of pyridine rings is 1. The molecule has 0 radical (unpaired) electrons. The molecule has 0 aliphatic rings. The smallest absolute Gasteiger partial charge is 0.328 e. The molecule has 0 aliphatic carbocycles. The Morgan fingerprint density at radius 2 is 1.59 bits per heavy atom. The van der Waals surface area contributed by atoms with Gasteiger partial charge in [-0.2, -0.15) is 0 Å². The molecule has 1 N–H and O–H groups in total. The molecule has 1 amide bonds. The lowest BCUT2D eigenvalue weighted by molar-refractivity contribution is -0.142. The highest BCUT2D eigenvalue weighted by Gasteiger charge is 2.23. The number of esters is 1. The highest BCUT2D eigenvalue weighted by molar-refractivity contribution is 6.00. The minimum Gasteiger partial charge on any atom is -0.467 e. The van der Waals surface area contributed by atoms with Crippen LogP contribution < -0.4 is 5.32 Å². The summed E-state index contributed by atoms with van der Waals surface area (Å²) in [5.74, 6) is -0.832. The fraction of sp³-hybridized carbons (Fsp3) is 0.125. The monoisotopic (exact) mass is 384 g/mol. The van der Waals surface area contributed by atoms with Gasteiger partial charge in [0.15, 0.2) is 0 Å². The van der Waals surface area contributed by atoms with Gasteiger partial charge in [0, 0.05) is 23.1 Å². The maximum atomic E-state index is 12.8. The van der Waals surface area contributed by atoms with Crippen LogP contribution in [0, 0.1) is 0 Å². The van der Waals surface area contributed by atoms with Gasteiger partial charge in [-0.15, -0.1) is 0 Å². The number of ether oxygens (including phenoxy) is 1. The number of carbonyl (C=O) groups excluding carboxylic acids is 2. The number of para-hydroxylation sites is 1. The molecule has 3 aromatic carbocycles. The first kappa shape index (κ1) is 18.6. The molecule has 1 atom stereocenters. The Morgan fingerprint density at radius 1 is 0.897 bits per heavy atom. The largest absolute Gasteiger partial charge is 0.467 e. The molecule has 4 aromatic rings. The van der Waals surface area contributed by atoms with E-state index < -0.39 is 12.0 Å². The Balaban J connectivity index is 1.57. The predicted octanol–water partition coefficient (Wildman–Crippen LogP) is 3.90. The summed E-state index contributed by atoms with van der Waals surface area (Å²) in [5, 5.41) is 5.83. The molecule has 29 heavy (non-hydrogen) atoms. The Hall–Kier alpha value is -3.73. The summed E-state index contributed by atoms with van der Waals surface area (Å²) in [5.41, 5.74) is 2.04. The van der Waals surface area contributed by atoms with Crippen molar-refractivity contribution in [3.05, 3.63) is 90.1 Å². The average Bonchev–Trinajstić information content (AvgIpc) is 2.77. The van der Waals surface area contributed by atoms with Gasteiger partial charge >= 0.3 is 5.97 Å². The van der Waals surface area contributed by atoms with Crippen LogP contribution in [0.3, 0.4) is 0 Å². The molecule has 0 spiro atoms. The van der Waals surface area contributed by atoms with Gasteiger partial charge in [-0.1, -0.05) is 54.6 Å². The van der Waals surface area contributed by atoms with Crippen LogP contribution in [0.2, 0.25) is 0 Å². The molecule has 0 saturated heterocycles. The van der Waals surface area contributed by atoms with Gasteiger partial charge in [0.1, 0.15) is 6.04 Å². The molecule has 5 heteroatoms. The number of rotatable bonds is 5. The SMILES string of the molecule is COC(=O)[C@@H](Cc1ccc2ccccc2n1)NC(=O)c1ccc2ccccc2c1. The quantitative estimate of drug-likeness (QED) is 0.530. The van der Waals surface area contributed by atoms with Gasteiger partial charge < -0.3 is 10.1 Å². The van der Waals surface area contributed by atoms with E-state index in [4.69, 9.17) is 4.74 Å². The fourth-order valence-electron chi connectivity index (χ4n) is 3.34. The molecule has 144 valence electrons. The summed E-state index contributed by atoms with van der Waals surface area (Å²) < 4.78 is 4.90. The first-order valence-corrected chi connectivity index (χ1v) is 9.36. The average molecular weight is 384 g/mol. The van der Waals surface area contributed by atoms with Crippen molar-refractivity contribution in [3.8, 4) is 0 Å². The molecule has 0 bridgehead atoms. The molecular formula is C24H20N2O3. The highest BCUT2D eigenvalue weighted by Crippen LogP contribution is 2.17. The summed E-state index contributed by atoms with van der Waals surface area (Å²) in [6.45, 7) is 0. The number of amides is 1. The third-order valence-electron chi connectivity index (χ3n) is 4.87. The summed E-state index contributed by atoms with van der Waals surface area (Å²) in [6, 6.07) is 24.0. The van der Waals surface area contributed by atoms with Crippen molar-refractivity contribution in [1.82, 2.24) is 10.3 Å². The molecule has 0 unspecified atom stereocenters. The van der Waals surface area contributed by atoms with Crippen LogP contribution >= 0.6 is 0 Å². The van der Waals surface area contributed by atoms with Crippen molar-refractivity contribution in [2.75, 3.05) is 7.11 Å². The Morgan fingerprint density at radius 3 is 2.38 bits per heavy atom. The summed E-state index contributed by atoms with van der Waals surface area (Å²) in [4.78, 5) is 29.7. The maximum Gasteiger partial charge on any atom is 0.328 e. The number of benzene rings is 3. The van der Waals surface area contributed by atoms with E-state index in [0.717, 1.165) is 21.7 Å². The zero-order valence-corrected chi connectivity index (χ0v) is 16.0. The first-order chi connectivity index (χ1) is 14.1. The van der Waals surface area contributed by atoms with E-state index in [-0.39, 0.29) is 12.3 Å². The summed E-state index contributed by atoms with van der Waals surface area (Å²) in [7, 11) is 1.31.